The molecule has 0 spiro atoms. The topological polar surface area (TPSA) is 38.3 Å². The second-order valence-corrected chi connectivity index (χ2v) is 4.37. The molecule has 0 saturated heterocycles. The molecule has 1 N–H and O–H groups in total. The van der Waals surface area contributed by atoms with Gasteiger partial charge in [-0.3, -0.25) is 5.32 Å². The number of amides is 1. The number of thiophene rings is 1. The average molecular weight is 269 g/mol. The lowest BCUT2D eigenvalue weighted by Crippen LogP contribution is -2.12. The van der Waals surface area contributed by atoms with Crippen molar-refractivity contribution in [3.8, 4) is 0 Å². The Kier molecular flexibility index (Phi) is 3.88. The van der Waals surface area contributed by atoms with Crippen LogP contribution in [-0.4, -0.2) is 6.09 Å². The van der Waals surface area contributed by atoms with E-state index in [9.17, 15) is 13.6 Å². The first kappa shape index (κ1) is 12.5. The molecule has 0 unspecified atom stereocenters. The number of ether oxygens (including phenoxy) is 1. The largest absolute Gasteiger partial charge is 0.444 e. The first-order valence-corrected chi connectivity index (χ1v) is 5.94. The Morgan fingerprint density at radius 1 is 1.28 bits per heavy atom. The van der Waals surface area contributed by atoms with Crippen LogP contribution in [0, 0.1) is 11.6 Å². The maximum atomic E-state index is 12.9. The fraction of sp³-hybridized carbons (Fsp3) is 0.0833. The van der Waals surface area contributed by atoms with E-state index in [1.165, 1.54) is 17.4 Å². The van der Waals surface area contributed by atoms with Gasteiger partial charge in [0.2, 0.25) is 0 Å². The summed E-state index contributed by atoms with van der Waals surface area (Å²) in [6, 6.07) is 6.86. The number of hydrogen-bond acceptors (Lipinski definition) is 3. The van der Waals surface area contributed by atoms with Crippen LogP contribution < -0.4 is 5.32 Å². The minimum atomic E-state index is -0.963. The van der Waals surface area contributed by atoms with Crippen LogP contribution in [0.3, 0.4) is 0 Å². The zero-order chi connectivity index (χ0) is 13.0. The van der Waals surface area contributed by atoms with Crippen molar-refractivity contribution < 1.29 is 18.3 Å². The summed E-state index contributed by atoms with van der Waals surface area (Å²) in [6.45, 7) is -0.117. The Balaban J connectivity index is 1.87. The Labute approximate surface area is 106 Å². The number of benzene rings is 1. The lowest BCUT2D eigenvalue weighted by molar-refractivity contribution is 0.155. The number of nitrogens with one attached hydrogen (secondary N) is 1. The third kappa shape index (κ3) is 3.27. The van der Waals surface area contributed by atoms with Crippen LogP contribution in [0.2, 0.25) is 0 Å². The summed E-state index contributed by atoms with van der Waals surface area (Å²) in [6.07, 6.45) is -0.637. The van der Waals surface area contributed by atoms with Gasteiger partial charge in [-0.15, -0.1) is 11.3 Å². The molecule has 0 aliphatic heterocycles. The number of rotatable bonds is 3. The summed E-state index contributed by atoms with van der Waals surface area (Å²) in [4.78, 5) is 11.3. The van der Waals surface area contributed by atoms with Crippen molar-refractivity contribution in [2.75, 3.05) is 5.32 Å². The average Bonchev–Trinajstić information content (AvgIpc) is 2.83. The minimum Gasteiger partial charge on any atom is -0.444 e. The minimum absolute atomic E-state index is 0.117. The first-order chi connectivity index (χ1) is 8.65. The third-order valence-electron chi connectivity index (χ3n) is 2.10. The molecule has 94 valence electrons. The van der Waals surface area contributed by atoms with Crippen molar-refractivity contribution in [3.63, 3.8) is 0 Å². The highest BCUT2D eigenvalue weighted by atomic mass is 32.1. The second kappa shape index (κ2) is 5.59. The van der Waals surface area contributed by atoms with Crippen molar-refractivity contribution in [3.05, 3.63) is 52.9 Å². The SMILES string of the molecule is O=C(Nc1cccs1)OCc1ccc(F)c(F)c1. The Hall–Kier alpha value is -1.95. The summed E-state index contributed by atoms with van der Waals surface area (Å²) in [5, 5.41) is 4.98. The number of carbonyl (C=O) groups excluding carboxylic acids is 1. The number of carbonyl (C=O) groups is 1. The van der Waals surface area contributed by atoms with Crippen molar-refractivity contribution in [1.29, 1.82) is 0 Å². The molecule has 3 nitrogen and oxygen atoms in total. The van der Waals surface area contributed by atoms with Gasteiger partial charge >= 0.3 is 6.09 Å². The van der Waals surface area contributed by atoms with Gasteiger partial charge in [0.25, 0.3) is 0 Å². The van der Waals surface area contributed by atoms with Crippen molar-refractivity contribution >= 4 is 22.4 Å². The maximum absolute atomic E-state index is 12.9. The fourth-order valence-corrected chi connectivity index (χ4v) is 1.87. The Morgan fingerprint density at radius 2 is 2.11 bits per heavy atom. The molecule has 0 radical (unpaired) electrons. The summed E-state index contributed by atoms with van der Waals surface area (Å²) >= 11 is 1.36. The van der Waals surface area contributed by atoms with E-state index in [1.54, 1.807) is 12.1 Å². The van der Waals surface area contributed by atoms with E-state index in [1.807, 2.05) is 5.38 Å². The molecule has 1 aromatic heterocycles. The number of halogens is 2. The Bertz CT molecular complexity index is 543. The molecule has 1 heterocycles. The summed E-state index contributed by atoms with van der Waals surface area (Å²) in [7, 11) is 0. The zero-order valence-corrected chi connectivity index (χ0v) is 9.97. The predicted octanol–water partition coefficient (Wildman–Crippen LogP) is 3.78. The van der Waals surface area contributed by atoms with Crippen molar-refractivity contribution in [1.82, 2.24) is 0 Å². The molecule has 18 heavy (non-hydrogen) atoms. The zero-order valence-electron chi connectivity index (χ0n) is 9.15. The van der Waals surface area contributed by atoms with Gasteiger partial charge in [-0.2, -0.15) is 0 Å². The van der Waals surface area contributed by atoms with Crippen LogP contribution in [0.25, 0.3) is 0 Å². The fourth-order valence-electron chi connectivity index (χ4n) is 1.26. The second-order valence-electron chi connectivity index (χ2n) is 3.43. The molecule has 0 fully saturated rings. The molecule has 1 amide bonds. The molecule has 0 atom stereocenters. The van der Waals surface area contributed by atoms with Gasteiger partial charge in [0.05, 0.1) is 5.00 Å². The van der Waals surface area contributed by atoms with Crippen molar-refractivity contribution in [2.45, 2.75) is 6.61 Å². The molecule has 0 aliphatic carbocycles. The van der Waals surface area contributed by atoms with Crippen molar-refractivity contribution in [2.24, 2.45) is 0 Å². The highest BCUT2D eigenvalue weighted by Gasteiger charge is 2.06. The molecule has 6 heteroatoms. The van der Waals surface area contributed by atoms with E-state index in [4.69, 9.17) is 4.74 Å². The van der Waals surface area contributed by atoms with Crippen LogP contribution in [0.4, 0.5) is 18.6 Å². The van der Waals surface area contributed by atoms with Gasteiger partial charge in [-0.25, -0.2) is 13.6 Å². The van der Waals surface area contributed by atoms with Crippen LogP contribution in [0.5, 0.6) is 0 Å². The normalized spacial score (nSPS) is 10.1. The summed E-state index contributed by atoms with van der Waals surface area (Å²) in [5.41, 5.74) is 0.384. The van der Waals surface area contributed by atoms with E-state index in [-0.39, 0.29) is 6.61 Å². The number of anilines is 1. The van der Waals surface area contributed by atoms with E-state index >= 15 is 0 Å². The standard InChI is InChI=1S/C12H9F2NO2S/c13-9-4-3-8(6-10(9)14)7-17-12(16)15-11-2-1-5-18-11/h1-6H,7H2,(H,15,16). The molecular formula is C12H9F2NO2S. The molecule has 0 bridgehead atoms. The third-order valence-corrected chi connectivity index (χ3v) is 2.89. The quantitative estimate of drug-likeness (QED) is 0.921. The summed E-state index contributed by atoms with van der Waals surface area (Å²) in [5.74, 6) is -1.89. The van der Waals surface area contributed by atoms with E-state index in [0.717, 1.165) is 12.1 Å². The van der Waals surface area contributed by atoms with Gasteiger partial charge in [0, 0.05) is 0 Å². The molecule has 1 aromatic carbocycles. The molecular weight excluding hydrogens is 260 g/mol. The van der Waals surface area contributed by atoms with Gasteiger partial charge in [0.15, 0.2) is 11.6 Å². The van der Waals surface area contributed by atoms with Gasteiger partial charge < -0.3 is 4.74 Å². The smallest absolute Gasteiger partial charge is 0.412 e. The predicted molar refractivity (Wildman–Crippen MR) is 64.5 cm³/mol. The lowest BCUT2D eigenvalue weighted by Gasteiger charge is -2.05. The molecule has 0 aliphatic rings. The van der Waals surface area contributed by atoms with Gasteiger partial charge in [-0.1, -0.05) is 6.07 Å². The Morgan fingerprint density at radius 3 is 2.78 bits per heavy atom. The number of hydrogen-bond donors (Lipinski definition) is 1. The maximum Gasteiger partial charge on any atom is 0.412 e. The van der Waals surface area contributed by atoms with E-state index < -0.39 is 17.7 Å². The van der Waals surface area contributed by atoms with Crippen LogP contribution in [0.1, 0.15) is 5.56 Å². The van der Waals surface area contributed by atoms with Gasteiger partial charge in [0.1, 0.15) is 6.61 Å². The highest BCUT2D eigenvalue weighted by molar-refractivity contribution is 7.14. The van der Waals surface area contributed by atoms with Crippen LogP contribution in [0.15, 0.2) is 35.7 Å². The molecule has 0 saturated carbocycles. The van der Waals surface area contributed by atoms with E-state index in [2.05, 4.69) is 5.32 Å². The van der Waals surface area contributed by atoms with Crippen LogP contribution >= 0.6 is 11.3 Å². The van der Waals surface area contributed by atoms with Gasteiger partial charge in [-0.05, 0) is 35.2 Å². The highest BCUT2D eigenvalue weighted by Crippen LogP contribution is 2.15. The monoisotopic (exact) mass is 269 g/mol. The summed E-state index contributed by atoms with van der Waals surface area (Å²) < 4.78 is 30.4. The van der Waals surface area contributed by atoms with E-state index in [0.29, 0.717) is 10.6 Å². The first-order valence-electron chi connectivity index (χ1n) is 5.06. The van der Waals surface area contributed by atoms with Crippen LogP contribution in [-0.2, 0) is 11.3 Å². The molecule has 2 aromatic rings. The molecule has 2 rings (SSSR count). The lowest BCUT2D eigenvalue weighted by atomic mass is 10.2.